The molecule has 2 nitrogen and oxygen atoms in total. The van der Waals surface area contributed by atoms with Crippen LogP contribution in [0, 0.1) is 12.7 Å². The van der Waals surface area contributed by atoms with Gasteiger partial charge in [-0.2, -0.15) is 0 Å². The van der Waals surface area contributed by atoms with Gasteiger partial charge < -0.3 is 4.74 Å². The third-order valence-electron chi connectivity index (χ3n) is 3.30. The Bertz CT molecular complexity index is 649. The fourth-order valence-corrected chi connectivity index (χ4v) is 2.33. The number of fused-ring (bicyclic) bond motifs is 1. The number of rotatable bonds is 1. The Morgan fingerprint density at radius 2 is 2.05 bits per heavy atom. The third kappa shape index (κ3) is 2.24. The van der Waals surface area contributed by atoms with E-state index in [1.807, 2.05) is 19.1 Å². The molecule has 2 aromatic carbocycles. The van der Waals surface area contributed by atoms with Crippen LogP contribution in [0.2, 0.25) is 0 Å². The van der Waals surface area contributed by atoms with Crippen LogP contribution in [0.4, 0.5) is 4.39 Å². The smallest absolute Gasteiger partial charge is 0.170 e. The summed E-state index contributed by atoms with van der Waals surface area (Å²) in [6.07, 6.45) is -0.154. The number of carbonyl (C=O) groups is 1. The molecule has 3 heteroatoms. The molecule has 0 bridgehead atoms. The highest BCUT2D eigenvalue weighted by Gasteiger charge is 2.27. The van der Waals surface area contributed by atoms with Crippen molar-refractivity contribution in [3.05, 3.63) is 65.0 Å². The number of ketones is 1. The lowest BCUT2D eigenvalue weighted by atomic mass is 9.95. The summed E-state index contributed by atoms with van der Waals surface area (Å²) in [6, 6.07) is 11.7. The molecule has 0 saturated heterocycles. The standard InChI is InChI=1S/C16H13FO2/c1-10-5-6-15-13(7-10)14(18)9-16(19-15)11-3-2-4-12(17)8-11/h2-8,16H,9H2,1H3. The molecule has 1 unspecified atom stereocenters. The van der Waals surface area contributed by atoms with Crippen molar-refractivity contribution in [1.82, 2.24) is 0 Å². The van der Waals surface area contributed by atoms with E-state index in [1.165, 1.54) is 12.1 Å². The second-order valence-electron chi connectivity index (χ2n) is 4.79. The molecule has 19 heavy (non-hydrogen) atoms. The van der Waals surface area contributed by atoms with Crippen LogP contribution in [0.3, 0.4) is 0 Å². The Labute approximate surface area is 110 Å². The van der Waals surface area contributed by atoms with Crippen molar-refractivity contribution >= 4 is 5.78 Å². The number of hydrogen-bond acceptors (Lipinski definition) is 2. The molecule has 3 rings (SSSR count). The van der Waals surface area contributed by atoms with Gasteiger partial charge >= 0.3 is 0 Å². The lowest BCUT2D eigenvalue weighted by molar-refractivity contribution is 0.0849. The summed E-state index contributed by atoms with van der Waals surface area (Å²) >= 11 is 0. The van der Waals surface area contributed by atoms with Crippen molar-refractivity contribution < 1.29 is 13.9 Å². The van der Waals surface area contributed by atoms with E-state index in [-0.39, 0.29) is 18.0 Å². The summed E-state index contributed by atoms with van der Waals surface area (Å²) in [5.41, 5.74) is 2.34. The second-order valence-corrected chi connectivity index (χ2v) is 4.79. The normalized spacial score (nSPS) is 17.8. The van der Waals surface area contributed by atoms with Gasteiger partial charge in [-0.1, -0.05) is 23.8 Å². The van der Waals surface area contributed by atoms with Crippen molar-refractivity contribution in [2.24, 2.45) is 0 Å². The molecule has 1 aliphatic rings. The van der Waals surface area contributed by atoms with Gasteiger partial charge in [-0.15, -0.1) is 0 Å². The summed E-state index contributed by atoms with van der Waals surface area (Å²) in [4.78, 5) is 12.1. The Morgan fingerprint density at radius 1 is 1.21 bits per heavy atom. The molecule has 0 spiro atoms. The molecule has 0 saturated carbocycles. The molecular formula is C16H13FO2. The van der Waals surface area contributed by atoms with E-state index in [0.29, 0.717) is 16.9 Å². The monoisotopic (exact) mass is 256 g/mol. The highest BCUT2D eigenvalue weighted by molar-refractivity contribution is 6.00. The van der Waals surface area contributed by atoms with Crippen LogP contribution in [-0.4, -0.2) is 5.78 Å². The Balaban J connectivity index is 1.97. The van der Waals surface area contributed by atoms with E-state index in [0.717, 1.165) is 5.56 Å². The summed E-state index contributed by atoms with van der Waals surface area (Å²) in [7, 11) is 0. The van der Waals surface area contributed by atoms with Gasteiger partial charge in [0.1, 0.15) is 17.7 Å². The first-order chi connectivity index (χ1) is 9.13. The van der Waals surface area contributed by atoms with Crippen LogP contribution in [0.5, 0.6) is 5.75 Å². The minimum absolute atomic E-state index is 0.0409. The molecule has 0 fully saturated rings. The van der Waals surface area contributed by atoms with Gasteiger partial charge in [-0.05, 0) is 36.8 Å². The number of halogens is 1. The van der Waals surface area contributed by atoms with Crippen molar-refractivity contribution in [3.8, 4) is 5.75 Å². The number of hydrogen-bond donors (Lipinski definition) is 0. The van der Waals surface area contributed by atoms with Crippen LogP contribution >= 0.6 is 0 Å². The van der Waals surface area contributed by atoms with Crippen LogP contribution in [0.1, 0.15) is 34.0 Å². The van der Waals surface area contributed by atoms with E-state index in [1.54, 1.807) is 18.2 Å². The minimum atomic E-state index is -0.404. The number of carbonyl (C=O) groups excluding carboxylic acids is 1. The van der Waals surface area contributed by atoms with Gasteiger partial charge in [0.05, 0.1) is 12.0 Å². The first-order valence-electron chi connectivity index (χ1n) is 6.19. The van der Waals surface area contributed by atoms with Gasteiger partial charge in [0.25, 0.3) is 0 Å². The molecule has 0 radical (unpaired) electrons. The molecule has 1 atom stereocenters. The van der Waals surface area contributed by atoms with Crippen LogP contribution in [0.25, 0.3) is 0 Å². The quantitative estimate of drug-likeness (QED) is 0.774. The minimum Gasteiger partial charge on any atom is -0.484 e. The molecule has 0 N–H and O–H groups in total. The number of Topliss-reactive ketones (excluding diaryl/α,β-unsaturated/α-hetero) is 1. The lowest BCUT2D eigenvalue weighted by Crippen LogP contribution is -2.20. The average molecular weight is 256 g/mol. The van der Waals surface area contributed by atoms with Crippen molar-refractivity contribution in [3.63, 3.8) is 0 Å². The van der Waals surface area contributed by atoms with Gasteiger partial charge in [0.15, 0.2) is 5.78 Å². The zero-order valence-electron chi connectivity index (χ0n) is 10.5. The molecule has 0 aromatic heterocycles. The Morgan fingerprint density at radius 3 is 2.84 bits per heavy atom. The number of benzene rings is 2. The van der Waals surface area contributed by atoms with E-state index in [4.69, 9.17) is 4.74 Å². The highest BCUT2D eigenvalue weighted by Crippen LogP contribution is 2.35. The molecule has 1 heterocycles. The van der Waals surface area contributed by atoms with E-state index >= 15 is 0 Å². The lowest BCUT2D eigenvalue weighted by Gasteiger charge is -2.25. The predicted octanol–water partition coefficient (Wildman–Crippen LogP) is 3.84. The largest absolute Gasteiger partial charge is 0.484 e. The van der Waals surface area contributed by atoms with Crippen molar-refractivity contribution in [2.45, 2.75) is 19.4 Å². The van der Waals surface area contributed by atoms with Gasteiger partial charge in [-0.25, -0.2) is 4.39 Å². The van der Waals surface area contributed by atoms with Crippen LogP contribution in [0.15, 0.2) is 42.5 Å². The SMILES string of the molecule is Cc1ccc2c(c1)C(=O)CC(c1cccc(F)c1)O2. The van der Waals surface area contributed by atoms with Crippen molar-refractivity contribution in [1.29, 1.82) is 0 Å². The second kappa shape index (κ2) is 4.50. The molecule has 2 aromatic rings. The summed E-state index contributed by atoms with van der Waals surface area (Å²) in [5, 5.41) is 0. The maximum atomic E-state index is 13.2. The van der Waals surface area contributed by atoms with Crippen molar-refractivity contribution in [2.75, 3.05) is 0 Å². The number of ether oxygens (including phenoxy) is 1. The van der Waals surface area contributed by atoms with E-state index < -0.39 is 6.10 Å². The molecule has 1 aliphatic heterocycles. The Hall–Kier alpha value is -2.16. The average Bonchev–Trinajstić information content (AvgIpc) is 2.39. The molecular weight excluding hydrogens is 243 g/mol. The van der Waals surface area contributed by atoms with Gasteiger partial charge in [0, 0.05) is 0 Å². The molecule has 0 aliphatic carbocycles. The topological polar surface area (TPSA) is 26.3 Å². The zero-order valence-corrected chi connectivity index (χ0v) is 10.5. The number of aryl methyl sites for hydroxylation is 1. The van der Waals surface area contributed by atoms with Crippen LogP contribution in [-0.2, 0) is 0 Å². The third-order valence-corrected chi connectivity index (χ3v) is 3.30. The van der Waals surface area contributed by atoms with Crippen LogP contribution < -0.4 is 4.74 Å². The van der Waals surface area contributed by atoms with E-state index in [2.05, 4.69) is 0 Å². The Kier molecular flexibility index (Phi) is 2.82. The summed E-state index contributed by atoms with van der Waals surface area (Å²) in [5.74, 6) is 0.304. The molecule has 96 valence electrons. The molecule has 0 amide bonds. The fourth-order valence-electron chi connectivity index (χ4n) is 2.33. The fraction of sp³-hybridized carbons (Fsp3) is 0.188. The summed E-state index contributed by atoms with van der Waals surface area (Å²) < 4.78 is 19.0. The van der Waals surface area contributed by atoms with Gasteiger partial charge in [0.2, 0.25) is 0 Å². The predicted molar refractivity (Wildman–Crippen MR) is 69.9 cm³/mol. The maximum Gasteiger partial charge on any atom is 0.170 e. The van der Waals surface area contributed by atoms with Gasteiger partial charge in [-0.3, -0.25) is 4.79 Å². The zero-order chi connectivity index (χ0) is 13.4. The summed E-state index contributed by atoms with van der Waals surface area (Å²) in [6.45, 7) is 1.94. The van der Waals surface area contributed by atoms with E-state index in [9.17, 15) is 9.18 Å². The first kappa shape index (κ1) is 11.9. The maximum absolute atomic E-state index is 13.2. The first-order valence-corrected chi connectivity index (χ1v) is 6.19. The highest BCUT2D eigenvalue weighted by atomic mass is 19.1.